The molecule has 3 rings (SSSR count). The summed E-state index contributed by atoms with van der Waals surface area (Å²) in [6.07, 6.45) is 5.65. The summed E-state index contributed by atoms with van der Waals surface area (Å²) in [6.45, 7) is 5.21. The van der Waals surface area contributed by atoms with Crippen LogP contribution in [0, 0.1) is 5.82 Å². The maximum Gasteiger partial charge on any atom is 0.148 e. The summed E-state index contributed by atoms with van der Waals surface area (Å²) in [7, 11) is 0. The van der Waals surface area contributed by atoms with Crippen molar-refractivity contribution in [1.29, 1.82) is 0 Å². The molecular formula is C21H25FN6O. The van der Waals surface area contributed by atoms with Crippen LogP contribution < -0.4 is 22.7 Å². The maximum atomic E-state index is 14.3. The summed E-state index contributed by atoms with van der Waals surface area (Å²) < 4.78 is 20.0. The number of halogens is 1. The summed E-state index contributed by atoms with van der Waals surface area (Å²) >= 11 is 0. The van der Waals surface area contributed by atoms with E-state index in [1.165, 1.54) is 25.0 Å². The van der Waals surface area contributed by atoms with E-state index in [1.807, 2.05) is 12.1 Å². The summed E-state index contributed by atoms with van der Waals surface area (Å²) in [5, 5.41) is 0. The van der Waals surface area contributed by atoms with Gasteiger partial charge in [-0.3, -0.25) is 10.8 Å². The molecule has 2 heterocycles. The molecule has 0 aliphatic heterocycles. The minimum atomic E-state index is -0.488. The third kappa shape index (κ3) is 5.11. The third-order valence-electron chi connectivity index (χ3n) is 4.48. The van der Waals surface area contributed by atoms with Crippen LogP contribution in [-0.2, 0) is 11.3 Å². The van der Waals surface area contributed by atoms with Gasteiger partial charge in [0.2, 0.25) is 0 Å². The van der Waals surface area contributed by atoms with Crippen LogP contribution in [0.5, 0.6) is 0 Å². The van der Waals surface area contributed by atoms with Crippen LogP contribution in [0.4, 0.5) is 4.39 Å². The molecule has 152 valence electrons. The van der Waals surface area contributed by atoms with Crippen LogP contribution in [0.1, 0.15) is 37.1 Å². The molecule has 7 N–H and O–H groups in total. The molecular weight excluding hydrogens is 371 g/mol. The average Bonchev–Trinajstić information content (AvgIpc) is 3.56. The van der Waals surface area contributed by atoms with Gasteiger partial charge in [0.1, 0.15) is 23.9 Å². The number of hydrazine groups is 1. The van der Waals surface area contributed by atoms with Gasteiger partial charge in [0.05, 0.1) is 17.1 Å². The third-order valence-corrected chi connectivity index (χ3v) is 4.48. The van der Waals surface area contributed by atoms with Gasteiger partial charge in [-0.15, -0.1) is 0 Å². The monoisotopic (exact) mass is 396 g/mol. The van der Waals surface area contributed by atoms with Crippen LogP contribution in [0.25, 0.3) is 11.3 Å². The molecule has 0 aromatic carbocycles. The van der Waals surface area contributed by atoms with Gasteiger partial charge in [0.15, 0.2) is 0 Å². The highest BCUT2D eigenvalue weighted by Crippen LogP contribution is 2.39. The van der Waals surface area contributed by atoms with Crippen LogP contribution >= 0.6 is 0 Å². The van der Waals surface area contributed by atoms with Crippen molar-refractivity contribution in [2.24, 2.45) is 17.3 Å². The molecule has 0 atom stereocenters. The highest BCUT2D eigenvalue weighted by Gasteiger charge is 2.24. The number of rotatable bonds is 8. The van der Waals surface area contributed by atoms with Crippen molar-refractivity contribution in [1.82, 2.24) is 15.4 Å². The van der Waals surface area contributed by atoms with Gasteiger partial charge in [-0.25, -0.2) is 9.37 Å². The SMILES string of the molecule is C=C(NN)/C(N)=C(\C=C(/C)N)OCc1nc(-c2ccc(C3CC3)nc2)ccc1F. The molecule has 0 spiro atoms. The second-order valence-corrected chi connectivity index (χ2v) is 6.95. The first-order valence-electron chi connectivity index (χ1n) is 9.23. The van der Waals surface area contributed by atoms with Crippen LogP contribution in [-0.4, -0.2) is 9.97 Å². The van der Waals surface area contributed by atoms with Gasteiger partial charge in [0, 0.05) is 35.1 Å². The molecule has 7 nitrogen and oxygen atoms in total. The fourth-order valence-corrected chi connectivity index (χ4v) is 2.70. The maximum absolute atomic E-state index is 14.3. The number of nitrogens with two attached hydrogens (primary N) is 3. The standard InChI is InChI=1S/C21H25FN6O/c1-12(23)9-20(21(24)13(2)28-25)29-11-19-16(22)6-8-18(27-19)15-5-7-17(26-10-15)14-3-4-14/h5-10,14,28H,2-4,11,23-25H2,1H3/b12-9+,21-20-. The molecule has 0 bridgehead atoms. The van der Waals surface area contributed by atoms with Crippen LogP contribution in [0.15, 0.2) is 66.0 Å². The Hall–Kier alpha value is -3.39. The topological polar surface area (TPSA) is 125 Å². The Morgan fingerprint density at radius 3 is 2.66 bits per heavy atom. The average molecular weight is 396 g/mol. The number of ether oxygens (including phenoxy) is 1. The Kier molecular flexibility index (Phi) is 6.13. The van der Waals surface area contributed by atoms with Crippen molar-refractivity contribution >= 4 is 0 Å². The predicted octanol–water partition coefficient (Wildman–Crippen LogP) is 2.69. The Balaban J connectivity index is 1.82. The molecule has 1 aliphatic rings. The molecule has 1 aliphatic carbocycles. The van der Waals surface area contributed by atoms with E-state index in [-0.39, 0.29) is 29.5 Å². The summed E-state index contributed by atoms with van der Waals surface area (Å²) in [4.78, 5) is 8.88. The van der Waals surface area contributed by atoms with E-state index < -0.39 is 5.82 Å². The number of hydrogen-bond donors (Lipinski definition) is 4. The first kappa shape index (κ1) is 20.3. The molecule has 0 unspecified atom stereocenters. The Morgan fingerprint density at radius 1 is 1.31 bits per heavy atom. The lowest BCUT2D eigenvalue weighted by Gasteiger charge is -2.13. The normalized spacial score (nSPS) is 14.9. The summed E-state index contributed by atoms with van der Waals surface area (Å²) in [5.74, 6) is 5.64. The number of nitrogens with one attached hydrogen (secondary N) is 1. The molecule has 0 saturated heterocycles. The van der Waals surface area contributed by atoms with E-state index in [2.05, 4.69) is 22.0 Å². The van der Waals surface area contributed by atoms with Gasteiger partial charge in [-0.2, -0.15) is 0 Å². The molecule has 1 saturated carbocycles. The highest BCUT2D eigenvalue weighted by molar-refractivity contribution is 5.58. The molecule has 0 radical (unpaired) electrons. The van der Waals surface area contributed by atoms with Gasteiger partial charge in [0.25, 0.3) is 0 Å². The Bertz CT molecular complexity index is 960. The van der Waals surface area contributed by atoms with E-state index in [4.69, 9.17) is 22.0 Å². The summed E-state index contributed by atoms with van der Waals surface area (Å²) in [5.41, 5.74) is 17.6. The zero-order chi connectivity index (χ0) is 21.0. The van der Waals surface area contributed by atoms with Crippen molar-refractivity contribution in [3.8, 4) is 11.3 Å². The molecule has 2 aromatic rings. The minimum Gasteiger partial charge on any atom is -0.485 e. The molecule has 0 amide bonds. The lowest BCUT2D eigenvalue weighted by molar-refractivity contribution is 0.199. The van der Waals surface area contributed by atoms with Crippen molar-refractivity contribution < 1.29 is 9.13 Å². The number of allylic oxidation sites excluding steroid dienone is 2. The number of nitrogens with zero attached hydrogens (tertiary/aromatic N) is 2. The minimum absolute atomic E-state index is 0.133. The van der Waals surface area contributed by atoms with E-state index in [1.54, 1.807) is 19.2 Å². The molecule has 1 fully saturated rings. The van der Waals surface area contributed by atoms with Crippen LogP contribution in [0.2, 0.25) is 0 Å². The molecule has 8 heteroatoms. The Morgan fingerprint density at radius 2 is 2.07 bits per heavy atom. The first-order valence-corrected chi connectivity index (χ1v) is 9.23. The lowest BCUT2D eigenvalue weighted by atomic mass is 10.1. The zero-order valence-corrected chi connectivity index (χ0v) is 16.3. The Labute approximate surface area is 169 Å². The van der Waals surface area contributed by atoms with Crippen LogP contribution in [0.3, 0.4) is 0 Å². The number of hydrogen-bond acceptors (Lipinski definition) is 7. The second kappa shape index (κ2) is 8.74. The largest absolute Gasteiger partial charge is 0.485 e. The number of pyridine rings is 2. The van der Waals surface area contributed by atoms with Crippen molar-refractivity contribution in [2.45, 2.75) is 32.3 Å². The first-order chi connectivity index (χ1) is 13.9. The highest BCUT2D eigenvalue weighted by atomic mass is 19.1. The van der Waals surface area contributed by atoms with E-state index >= 15 is 0 Å². The molecule has 29 heavy (non-hydrogen) atoms. The fourth-order valence-electron chi connectivity index (χ4n) is 2.70. The second-order valence-electron chi connectivity index (χ2n) is 6.95. The zero-order valence-electron chi connectivity index (χ0n) is 16.3. The predicted molar refractivity (Wildman–Crippen MR) is 110 cm³/mol. The van der Waals surface area contributed by atoms with E-state index in [9.17, 15) is 4.39 Å². The summed E-state index contributed by atoms with van der Waals surface area (Å²) in [6, 6.07) is 6.91. The van der Waals surface area contributed by atoms with Crippen molar-refractivity contribution in [2.75, 3.05) is 0 Å². The van der Waals surface area contributed by atoms with E-state index in [0.29, 0.717) is 17.3 Å². The smallest absolute Gasteiger partial charge is 0.148 e. The molecule has 2 aromatic heterocycles. The van der Waals surface area contributed by atoms with Gasteiger partial charge >= 0.3 is 0 Å². The van der Waals surface area contributed by atoms with Gasteiger partial charge < -0.3 is 21.6 Å². The van der Waals surface area contributed by atoms with Crippen molar-refractivity contribution in [3.63, 3.8) is 0 Å². The number of aromatic nitrogens is 2. The van der Waals surface area contributed by atoms with Gasteiger partial charge in [-0.1, -0.05) is 6.58 Å². The quantitative estimate of drug-likeness (QED) is 0.234. The van der Waals surface area contributed by atoms with Gasteiger partial charge in [-0.05, 0) is 44.0 Å². The fraction of sp³-hybridized carbons (Fsp3) is 0.238. The lowest BCUT2D eigenvalue weighted by Crippen LogP contribution is -2.25. The van der Waals surface area contributed by atoms with Crippen molar-refractivity contribution in [3.05, 3.63) is 83.2 Å². The van der Waals surface area contributed by atoms with E-state index in [0.717, 1.165) is 11.3 Å².